The molecule has 1 unspecified atom stereocenters. The minimum Gasteiger partial charge on any atom is -0.496 e. The first kappa shape index (κ1) is 15.7. The molecule has 128 valence electrons. The first-order valence-corrected chi connectivity index (χ1v) is 8.30. The SMILES string of the molecule is COc1ccccc1C[NH+]1COc2ccc3c(C)cc(=O)oc3c2C1. The number of benzene rings is 2. The number of quaternary nitrogens is 1. The number of ether oxygens (including phenoxy) is 2. The molecule has 0 fully saturated rings. The molecule has 1 aliphatic rings. The summed E-state index contributed by atoms with van der Waals surface area (Å²) >= 11 is 0. The van der Waals surface area contributed by atoms with Crippen LogP contribution in [0.15, 0.2) is 51.7 Å². The van der Waals surface area contributed by atoms with Crippen molar-refractivity contribution in [2.45, 2.75) is 20.0 Å². The minimum absolute atomic E-state index is 0.324. The van der Waals surface area contributed by atoms with Gasteiger partial charge in [0, 0.05) is 17.0 Å². The highest BCUT2D eigenvalue weighted by Crippen LogP contribution is 2.29. The second kappa shape index (κ2) is 6.26. The number of aryl methyl sites for hydroxylation is 1. The van der Waals surface area contributed by atoms with Gasteiger partial charge in [0.1, 0.15) is 24.6 Å². The van der Waals surface area contributed by atoms with Gasteiger partial charge in [-0.3, -0.25) is 4.90 Å². The van der Waals surface area contributed by atoms with Crippen LogP contribution in [0.1, 0.15) is 16.7 Å². The van der Waals surface area contributed by atoms with Gasteiger partial charge < -0.3 is 13.9 Å². The van der Waals surface area contributed by atoms with Gasteiger partial charge in [0.05, 0.1) is 12.7 Å². The van der Waals surface area contributed by atoms with E-state index in [1.165, 1.54) is 11.0 Å². The van der Waals surface area contributed by atoms with Crippen LogP contribution in [0.25, 0.3) is 11.0 Å². The van der Waals surface area contributed by atoms with E-state index in [1.54, 1.807) is 7.11 Å². The van der Waals surface area contributed by atoms with Crippen LogP contribution in [0.5, 0.6) is 11.5 Å². The van der Waals surface area contributed by atoms with E-state index in [2.05, 4.69) is 6.07 Å². The molecule has 1 aliphatic heterocycles. The lowest BCUT2D eigenvalue weighted by Gasteiger charge is -2.27. The van der Waals surface area contributed by atoms with Crippen molar-refractivity contribution in [3.8, 4) is 11.5 Å². The Kier molecular flexibility index (Phi) is 3.93. The Balaban J connectivity index is 1.70. The maximum absolute atomic E-state index is 11.8. The molecule has 2 aromatic carbocycles. The normalized spacial score (nSPS) is 16.3. The molecule has 0 saturated carbocycles. The number of hydrogen-bond donors (Lipinski definition) is 1. The first-order valence-electron chi connectivity index (χ1n) is 8.30. The number of fused-ring (bicyclic) bond motifs is 3. The fourth-order valence-corrected chi connectivity index (χ4v) is 3.44. The molecular weight excluding hydrogens is 318 g/mol. The Morgan fingerprint density at radius 2 is 2.04 bits per heavy atom. The summed E-state index contributed by atoms with van der Waals surface area (Å²) in [7, 11) is 1.68. The molecule has 0 bridgehead atoms. The van der Waals surface area contributed by atoms with Gasteiger partial charge in [0.25, 0.3) is 0 Å². The van der Waals surface area contributed by atoms with Crippen LogP contribution >= 0.6 is 0 Å². The largest absolute Gasteiger partial charge is 0.496 e. The Labute approximate surface area is 145 Å². The van der Waals surface area contributed by atoms with Crippen LogP contribution in [-0.2, 0) is 13.1 Å². The summed E-state index contributed by atoms with van der Waals surface area (Å²) in [5, 5.41) is 0.959. The molecule has 0 spiro atoms. The summed E-state index contributed by atoms with van der Waals surface area (Å²) in [4.78, 5) is 13.0. The number of methoxy groups -OCH3 is 1. The number of nitrogens with one attached hydrogen (secondary N) is 1. The Morgan fingerprint density at radius 1 is 1.20 bits per heavy atom. The maximum atomic E-state index is 11.8. The third-order valence-electron chi connectivity index (χ3n) is 4.67. The standard InChI is InChI=1S/C20H19NO4/c1-13-9-19(22)25-20-15(13)7-8-18-16(20)11-21(12-24-18)10-14-5-3-4-6-17(14)23-2/h3-9H,10-12H2,1-2H3/p+1. The average molecular weight is 338 g/mol. The van der Waals surface area contributed by atoms with Gasteiger partial charge >= 0.3 is 5.63 Å². The van der Waals surface area contributed by atoms with Crippen molar-refractivity contribution in [3.05, 3.63) is 69.6 Å². The monoisotopic (exact) mass is 338 g/mol. The van der Waals surface area contributed by atoms with Crippen LogP contribution in [0.4, 0.5) is 0 Å². The molecule has 1 atom stereocenters. The highest BCUT2D eigenvalue weighted by molar-refractivity contribution is 5.84. The lowest BCUT2D eigenvalue weighted by molar-refractivity contribution is -0.945. The molecule has 25 heavy (non-hydrogen) atoms. The highest BCUT2D eigenvalue weighted by Gasteiger charge is 2.25. The number of rotatable bonds is 3. The second-order valence-corrected chi connectivity index (χ2v) is 6.37. The van der Waals surface area contributed by atoms with E-state index in [0.717, 1.165) is 46.7 Å². The number of para-hydroxylation sites is 1. The third kappa shape index (κ3) is 2.87. The van der Waals surface area contributed by atoms with E-state index in [9.17, 15) is 4.79 Å². The first-order chi connectivity index (χ1) is 12.2. The Hall–Kier alpha value is -2.79. The molecule has 1 N–H and O–H groups in total. The summed E-state index contributed by atoms with van der Waals surface area (Å²) in [5.74, 6) is 1.67. The van der Waals surface area contributed by atoms with Crippen molar-refractivity contribution < 1.29 is 18.8 Å². The smallest absolute Gasteiger partial charge is 0.336 e. The molecule has 5 heteroatoms. The van der Waals surface area contributed by atoms with Gasteiger partial charge in [-0.25, -0.2) is 4.79 Å². The fraction of sp³-hybridized carbons (Fsp3) is 0.250. The summed E-state index contributed by atoms with van der Waals surface area (Å²) in [6, 6.07) is 13.4. The predicted octanol–water partition coefficient (Wildman–Crippen LogP) is 2.05. The predicted molar refractivity (Wildman–Crippen MR) is 94.1 cm³/mol. The summed E-state index contributed by atoms with van der Waals surface area (Å²) < 4.78 is 16.9. The van der Waals surface area contributed by atoms with E-state index in [1.807, 2.05) is 37.3 Å². The molecule has 0 saturated heterocycles. The molecule has 5 nitrogen and oxygen atoms in total. The fourth-order valence-electron chi connectivity index (χ4n) is 3.44. The molecular formula is C20H20NO4+. The molecule has 3 aromatic rings. The zero-order valence-electron chi connectivity index (χ0n) is 14.3. The quantitative estimate of drug-likeness (QED) is 0.743. The van der Waals surface area contributed by atoms with Gasteiger partial charge in [-0.2, -0.15) is 0 Å². The van der Waals surface area contributed by atoms with Gasteiger partial charge in [-0.1, -0.05) is 12.1 Å². The van der Waals surface area contributed by atoms with E-state index in [0.29, 0.717) is 12.3 Å². The van der Waals surface area contributed by atoms with Gasteiger partial charge in [-0.05, 0) is 36.8 Å². The van der Waals surface area contributed by atoms with Crippen molar-refractivity contribution in [2.75, 3.05) is 13.8 Å². The van der Waals surface area contributed by atoms with Crippen LogP contribution in [0, 0.1) is 6.92 Å². The Morgan fingerprint density at radius 3 is 2.88 bits per heavy atom. The second-order valence-electron chi connectivity index (χ2n) is 6.37. The summed E-state index contributed by atoms with van der Waals surface area (Å²) in [6.07, 6.45) is 0. The number of hydrogen-bond acceptors (Lipinski definition) is 4. The van der Waals surface area contributed by atoms with Crippen molar-refractivity contribution >= 4 is 11.0 Å². The zero-order chi connectivity index (χ0) is 17.4. The molecule has 1 aromatic heterocycles. The van der Waals surface area contributed by atoms with Crippen LogP contribution in [0.2, 0.25) is 0 Å². The topological polar surface area (TPSA) is 53.1 Å². The lowest BCUT2D eigenvalue weighted by atomic mass is 10.0. The van der Waals surface area contributed by atoms with Crippen LogP contribution in [-0.4, -0.2) is 13.8 Å². The van der Waals surface area contributed by atoms with Crippen LogP contribution < -0.4 is 20.0 Å². The maximum Gasteiger partial charge on any atom is 0.336 e. The molecule has 0 amide bonds. The molecule has 0 radical (unpaired) electrons. The van der Waals surface area contributed by atoms with E-state index in [4.69, 9.17) is 13.9 Å². The van der Waals surface area contributed by atoms with Gasteiger partial charge in [0.2, 0.25) is 6.73 Å². The van der Waals surface area contributed by atoms with Gasteiger partial charge in [0.15, 0.2) is 5.58 Å². The van der Waals surface area contributed by atoms with Crippen LogP contribution in [0.3, 0.4) is 0 Å². The van der Waals surface area contributed by atoms with E-state index >= 15 is 0 Å². The Bertz CT molecular complexity index is 993. The van der Waals surface area contributed by atoms with Gasteiger partial charge in [-0.15, -0.1) is 0 Å². The molecule has 0 aliphatic carbocycles. The average Bonchev–Trinajstić information content (AvgIpc) is 2.62. The summed E-state index contributed by atoms with van der Waals surface area (Å²) in [6.45, 7) is 3.99. The molecule has 2 heterocycles. The van der Waals surface area contributed by atoms with Crippen molar-refractivity contribution in [1.82, 2.24) is 0 Å². The van der Waals surface area contributed by atoms with Crippen molar-refractivity contribution in [1.29, 1.82) is 0 Å². The molecule has 4 rings (SSSR count). The van der Waals surface area contributed by atoms with Crippen molar-refractivity contribution in [3.63, 3.8) is 0 Å². The lowest BCUT2D eigenvalue weighted by Crippen LogP contribution is -3.10. The van der Waals surface area contributed by atoms with Crippen molar-refractivity contribution in [2.24, 2.45) is 0 Å². The third-order valence-corrected chi connectivity index (χ3v) is 4.67. The zero-order valence-corrected chi connectivity index (χ0v) is 14.3. The minimum atomic E-state index is -0.324. The summed E-state index contributed by atoms with van der Waals surface area (Å²) in [5.41, 5.74) is 3.32. The van der Waals surface area contributed by atoms with E-state index in [-0.39, 0.29) is 5.63 Å². The highest BCUT2D eigenvalue weighted by atomic mass is 16.5. The van der Waals surface area contributed by atoms with E-state index < -0.39 is 0 Å².